The van der Waals surface area contributed by atoms with Gasteiger partial charge in [0, 0.05) is 37.0 Å². The van der Waals surface area contributed by atoms with Gasteiger partial charge in [-0.3, -0.25) is 0 Å². The summed E-state index contributed by atoms with van der Waals surface area (Å²) in [6.07, 6.45) is 0.759. The highest BCUT2D eigenvalue weighted by Gasteiger charge is 2.10. The minimum Gasteiger partial charge on any atom is -0.338 e. The lowest BCUT2D eigenvalue weighted by atomic mass is 10.1. The molecule has 0 fully saturated rings. The first kappa shape index (κ1) is 16.5. The third-order valence-corrected chi connectivity index (χ3v) is 4.56. The zero-order chi connectivity index (χ0) is 15.9. The Morgan fingerprint density at radius 3 is 2.68 bits per heavy atom. The van der Waals surface area contributed by atoms with Crippen LogP contribution < -0.4 is 5.32 Å². The fraction of sp³-hybridized carbons (Fsp3) is 0.412. The quantitative estimate of drug-likeness (QED) is 0.882. The molecule has 1 aromatic heterocycles. The number of hydrogen-bond acceptors (Lipinski definition) is 3. The Morgan fingerprint density at radius 2 is 2.00 bits per heavy atom. The van der Waals surface area contributed by atoms with Crippen LogP contribution in [-0.2, 0) is 6.42 Å². The van der Waals surface area contributed by atoms with Gasteiger partial charge in [0.15, 0.2) is 0 Å². The first-order valence-corrected chi connectivity index (χ1v) is 8.56. The maximum Gasteiger partial charge on any atom is 0.317 e. The average molecular weight is 317 g/mol. The zero-order valence-electron chi connectivity index (χ0n) is 13.4. The summed E-state index contributed by atoms with van der Waals surface area (Å²) in [7, 11) is 0. The SMILES string of the molecule is CCN(CC)C(=O)NCCc1csc(-c2ccccc2C)n1. The van der Waals surface area contributed by atoms with Gasteiger partial charge in [0.25, 0.3) is 0 Å². The normalized spacial score (nSPS) is 10.5. The predicted octanol–water partition coefficient (Wildman–Crippen LogP) is 3.71. The van der Waals surface area contributed by atoms with E-state index < -0.39 is 0 Å². The van der Waals surface area contributed by atoms with Gasteiger partial charge >= 0.3 is 6.03 Å². The molecule has 0 radical (unpaired) electrons. The first-order chi connectivity index (χ1) is 10.7. The highest BCUT2D eigenvalue weighted by molar-refractivity contribution is 7.13. The van der Waals surface area contributed by atoms with Crippen LogP contribution in [0.15, 0.2) is 29.6 Å². The number of carbonyl (C=O) groups excluding carboxylic acids is 1. The molecule has 118 valence electrons. The van der Waals surface area contributed by atoms with Crippen molar-refractivity contribution in [3.05, 3.63) is 40.9 Å². The van der Waals surface area contributed by atoms with Gasteiger partial charge in [0.05, 0.1) is 5.69 Å². The van der Waals surface area contributed by atoms with E-state index in [0.717, 1.165) is 30.2 Å². The molecule has 0 aliphatic carbocycles. The Balaban J connectivity index is 1.91. The second-order valence-electron chi connectivity index (χ2n) is 5.11. The standard InChI is InChI=1S/C17H23N3OS/c1-4-20(5-2)17(21)18-11-10-14-12-22-16(19-14)15-9-7-6-8-13(15)3/h6-9,12H,4-5,10-11H2,1-3H3,(H,18,21). The summed E-state index contributed by atoms with van der Waals surface area (Å²) in [4.78, 5) is 18.3. The highest BCUT2D eigenvalue weighted by atomic mass is 32.1. The molecule has 1 aromatic carbocycles. The van der Waals surface area contributed by atoms with Gasteiger partial charge in [-0.2, -0.15) is 0 Å². The monoisotopic (exact) mass is 317 g/mol. The molecule has 0 aliphatic heterocycles. The van der Waals surface area contributed by atoms with Crippen LogP contribution in [0.25, 0.3) is 10.6 Å². The number of aromatic nitrogens is 1. The predicted molar refractivity (Wildman–Crippen MR) is 92.3 cm³/mol. The summed E-state index contributed by atoms with van der Waals surface area (Å²) >= 11 is 1.66. The molecule has 0 saturated heterocycles. The molecule has 2 aromatic rings. The lowest BCUT2D eigenvalue weighted by molar-refractivity contribution is 0.203. The molecule has 5 heteroatoms. The van der Waals surface area contributed by atoms with Gasteiger partial charge in [-0.15, -0.1) is 11.3 Å². The van der Waals surface area contributed by atoms with E-state index in [4.69, 9.17) is 0 Å². The molecule has 2 amide bonds. The first-order valence-electron chi connectivity index (χ1n) is 7.68. The minimum absolute atomic E-state index is 0.000595. The van der Waals surface area contributed by atoms with E-state index in [0.29, 0.717) is 6.54 Å². The molecule has 0 bridgehead atoms. The largest absolute Gasteiger partial charge is 0.338 e. The molecular weight excluding hydrogens is 294 g/mol. The van der Waals surface area contributed by atoms with Gasteiger partial charge in [-0.1, -0.05) is 24.3 Å². The fourth-order valence-corrected chi connectivity index (χ4v) is 3.22. The van der Waals surface area contributed by atoms with Gasteiger partial charge < -0.3 is 10.2 Å². The molecule has 22 heavy (non-hydrogen) atoms. The second-order valence-corrected chi connectivity index (χ2v) is 5.97. The Labute approximate surface area is 136 Å². The van der Waals surface area contributed by atoms with Crippen LogP contribution in [-0.4, -0.2) is 35.5 Å². The van der Waals surface area contributed by atoms with Crippen LogP contribution in [0, 0.1) is 6.92 Å². The Kier molecular flexibility index (Phi) is 5.95. The molecular formula is C17H23N3OS. The summed E-state index contributed by atoms with van der Waals surface area (Å²) in [6, 6.07) is 8.27. The third kappa shape index (κ3) is 4.07. The van der Waals surface area contributed by atoms with E-state index in [1.54, 1.807) is 16.2 Å². The molecule has 1 N–H and O–H groups in total. The number of amides is 2. The van der Waals surface area contributed by atoms with Crippen molar-refractivity contribution in [2.24, 2.45) is 0 Å². The zero-order valence-corrected chi connectivity index (χ0v) is 14.2. The number of hydrogen-bond donors (Lipinski definition) is 1. The van der Waals surface area contributed by atoms with Crippen LogP contribution >= 0.6 is 11.3 Å². The van der Waals surface area contributed by atoms with Gasteiger partial charge in [0.1, 0.15) is 5.01 Å². The van der Waals surface area contributed by atoms with E-state index in [2.05, 4.69) is 34.7 Å². The van der Waals surface area contributed by atoms with Crippen LogP contribution in [0.4, 0.5) is 4.79 Å². The number of nitrogens with one attached hydrogen (secondary N) is 1. The Hall–Kier alpha value is -1.88. The smallest absolute Gasteiger partial charge is 0.317 e. The minimum atomic E-state index is -0.000595. The van der Waals surface area contributed by atoms with E-state index in [-0.39, 0.29) is 6.03 Å². The van der Waals surface area contributed by atoms with Crippen LogP contribution in [0.3, 0.4) is 0 Å². The van der Waals surface area contributed by atoms with E-state index in [1.165, 1.54) is 11.1 Å². The van der Waals surface area contributed by atoms with Crippen molar-refractivity contribution in [2.45, 2.75) is 27.2 Å². The van der Waals surface area contributed by atoms with Crippen molar-refractivity contribution in [2.75, 3.05) is 19.6 Å². The Bertz CT molecular complexity index is 620. The van der Waals surface area contributed by atoms with Crippen LogP contribution in [0.2, 0.25) is 0 Å². The van der Waals surface area contributed by atoms with Gasteiger partial charge in [-0.05, 0) is 26.3 Å². The number of rotatable bonds is 6. The molecule has 2 rings (SSSR count). The summed E-state index contributed by atoms with van der Waals surface area (Å²) < 4.78 is 0. The summed E-state index contributed by atoms with van der Waals surface area (Å²) in [5.74, 6) is 0. The van der Waals surface area contributed by atoms with E-state index in [1.807, 2.05) is 26.0 Å². The molecule has 1 heterocycles. The number of carbonyl (C=O) groups is 1. The summed E-state index contributed by atoms with van der Waals surface area (Å²) in [5.41, 5.74) is 3.45. The number of nitrogens with zero attached hydrogens (tertiary/aromatic N) is 2. The number of benzene rings is 1. The maximum absolute atomic E-state index is 11.9. The van der Waals surface area contributed by atoms with Crippen molar-refractivity contribution >= 4 is 17.4 Å². The molecule has 0 unspecified atom stereocenters. The average Bonchev–Trinajstić information content (AvgIpc) is 2.97. The van der Waals surface area contributed by atoms with Crippen LogP contribution in [0.5, 0.6) is 0 Å². The summed E-state index contributed by atoms with van der Waals surface area (Å²) in [6.45, 7) is 8.15. The lowest BCUT2D eigenvalue weighted by Gasteiger charge is -2.18. The van der Waals surface area contributed by atoms with Gasteiger partial charge in [0.2, 0.25) is 0 Å². The van der Waals surface area contributed by atoms with Crippen molar-refractivity contribution in [3.63, 3.8) is 0 Å². The van der Waals surface area contributed by atoms with E-state index in [9.17, 15) is 4.79 Å². The number of aryl methyl sites for hydroxylation is 1. The number of thiazole rings is 1. The van der Waals surface area contributed by atoms with Crippen molar-refractivity contribution in [3.8, 4) is 10.6 Å². The molecule has 0 saturated carbocycles. The number of urea groups is 1. The van der Waals surface area contributed by atoms with Crippen molar-refractivity contribution in [1.29, 1.82) is 0 Å². The Morgan fingerprint density at radius 1 is 1.27 bits per heavy atom. The molecule has 4 nitrogen and oxygen atoms in total. The van der Waals surface area contributed by atoms with Crippen molar-refractivity contribution < 1.29 is 4.79 Å². The topological polar surface area (TPSA) is 45.2 Å². The maximum atomic E-state index is 11.9. The molecule has 0 atom stereocenters. The molecule has 0 aliphatic rings. The van der Waals surface area contributed by atoms with Gasteiger partial charge in [-0.25, -0.2) is 9.78 Å². The van der Waals surface area contributed by atoms with Crippen molar-refractivity contribution in [1.82, 2.24) is 15.2 Å². The third-order valence-electron chi connectivity index (χ3n) is 3.64. The highest BCUT2D eigenvalue weighted by Crippen LogP contribution is 2.26. The summed E-state index contributed by atoms with van der Waals surface area (Å²) in [5, 5.41) is 6.06. The van der Waals surface area contributed by atoms with E-state index >= 15 is 0 Å². The van der Waals surface area contributed by atoms with Crippen LogP contribution in [0.1, 0.15) is 25.1 Å². The molecule has 0 spiro atoms. The lowest BCUT2D eigenvalue weighted by Crippen LogP contribution is -2.40. The fourth-order valence-electron chi connectivity index (χ4n) is 2.28. The second kappa shape index (κ2) is 7.94.